The van der Waals surface area contributed by atoms with E-state index in [1.54, 1.807) is 0 Å². The van der Waals surface area contributed by atoms with Crippen molar-refractivity contribution in [3.05, 3.63) is 11.9 Å². The van der Waals surface area contributed by atoms with Crippen molar-refractivity contribution in [3.8, 4) is 0 Å². The molecular weight excluding hydrogens is 323 g/mol. The first-order chi connectivity index (χ1) is 11.1. The van der Waals surface area contributed by atoms with Crippen LogP contribution in [-0.4, -0.2) is 44.4 Å². The lowest BCUT2D eigenvalue weighted by Gasteiger charge is -2.20. The molecule has 0 amide bonds. The minimum absolute atomic E-state index is 0.0130. The van der Waals surface area contributed by atoms with Gasteiger partial charge in [0.1, 0.15) is 6.04 Å². The number of halogens is 3. The first kappa shape index (κ1) is 18.4. The lowest BCUT2D eigenvalue weighted by atomic mass is 9.96. The Morgan fingerprint density at radius 1 is 1.12 bits per heavy atom. The van der Waals surface area contributed by atoms with Crippen LogP contribution in [0.5, 0.6) is 0 Å². The first-order valence-electron chi connectivity index (χ1n) is 7.88. The number of aliphatic hydroxyl groups is 1. The second-order valence-electron chi connectivity index (χ2n) is 6.18. The average molecular weight is 345 g/mol. The largest absolute Gasteiger partial charge is 0.408 e. The van der Waals surface area contributed by atoms with E-state index in [1.165, 1.54) is 0 Å². The second-order valence-corrected chi connectivity index (χ2v) is 6.18. The van der Waals surface area contributed by atoms with Gasteiger partial charge in [-0.25, -0.2) is 0 Å². The predicted molar refractivity (Wildman–Crippen MR) is 85.6 cm³/mol. The molecule has 0 spiro atoms. The highest BCUT2D eigenvalue weighted by molar-refractivity contribution is 5.62. The number of hydrogen-bond donors (Lipinski definition) is 3. The van der Waals surface area contributed by atoms with Crippen LogP contribution < -0.4 is 10.6 Å². The van der Waals surface area contributed by atoms with E-state index in [4.69, 9.17) is 0 Å². The molecule has 24 heavy (non-hydrogen) atoms. The summed E-state index contributed by atoms with van der Waals surface area (Å²) in [4.78, 5) is 12.4. The van der Waals surface area contributed by atoms with Gasteiger partial charge in [-0.2, -0.15) is 28.1 Å². The van der Waals surface area contributed by atoms with Crippen LogP contribution in [0.2, 0.25) is 0 Å². The van der Waals surface area contributed by atoms with Gasteiger partial charge in [-0.15, -0.1) is 0 Å². The van der Waals surface area contributed by atoms with Crippen LogP contribution in [0.15, 0.2) is 6.08 Å². The zero-order chi connectivity index (χ0) is 17.9. The Morgan fingerprint density at radius 2 is 1.75 bits per heavy atom. The maximum Gasteiger partial charge on any atom is 0.408 e. The maximum atomic E-state index is 12.8. The molecule has 0 bridgehead atoms. The van der Waals surface area contributed by atoms with Gasteiger partial charge in [-0.05, 0) is 39.2 Å². The van der Waals surface area contributed by atoms with E-state index in [0.717, 1.165) is 6.92 Å². The number of allylic oxidation sites excluding steroid dienone is 1. The molecule has 0 fully saturated rings. The van der Waals surface area contributed by atoms with Gasteiger partial charge in [0.25, 0.3) is 0 Å². The molecule has 1 aromatic rings. The highest BCUT2D eigenvalue weighted by atomic mass is 19.4. The van der Waals surface area contributed by atoms with Gasteiger partial charge >= 0.3 is 6.18 Å². The van der Waals surface area contributed by atoms with E-state index in [2.05, 4.69) is 25.6 Å². The minimum Gasteiger partial charge on any atom is -0.393 e. The topological polar surface area (TPSA) is 83.0 Å². The Kier molecular flexibility index (Phi) is 5.63. The van der Waals surface area contributed by atoms with Gasteiger partial charge in [0.2, 0.25) is 11.9 Å². The number of nitrogens with zero attached hydrogens (tertiary/aromatic N) is 3. The highest BCUT2D eigenvalue weighted by Crippen LogP contribution is 2.27. The zero-order valence-electron chi connectivity index (χ0n) is 13.9. The van der Waals surface area contributed by atoms with Crippen LogP contribution in [0.1, 0.15) is 45.9 Å². The summed E-state index contributed by atoms with van der Waals surface area (Å²) in [6.07, 6.45) is -1.29. The fraction of sp³-hybridized carbons (Fsp3) is 0.667. The van der Waals surface area contributed by atoms with Crippen molar-refractivity contribution in [2.45, 2.75) is 64.4 Å². The smallest absolute Gasteiger partial charge is 0.393 e. The van der Waals surface area contributed by atoms with Crippen molar-refractivity contribution in [3.63, 3.8) is 0 Å². The number of rotatable bonds is 5. The van der Waals surface area contributed by atoms with E-state index < -0.39 is 18.3 Å². The monoisotopic (exact) mass is 345 g/mol. The Bertz CT molecular complexity index is 603. The molecule has 2 unspecified atom stereocenters. The molecule has 134 valence electrons. The van der Waals surface area contributed by atoms with Gasteiger partial charge in [0, 0.05) is 12.5 Å². The first-order valence-corrected chi connectivity index (χ1v) is 7.88. The van der Waals surface area contributed by atoms with E-state index in [1.807, 2.05) is 19.9 Å². The lowest BCUT2D eigenvalue weighted by molar-refractivity contribution is -0.138. The number of aliphatic hydroxyl groups excluding tert-OH is 1. The molecule has 3 N–H and O–H groups in total. The van der Waals surface area contributed by atoms with Crippen LogP contribution in [0.25, 0.3) is 5.57 Å². The molecule has 1 aromatic heterocycles. The van der Waals surface area contributed by atoms with E-state index in [0.29, 0.717) is 24.8 Å². The summed E-state index contributed by atoms with van der Waals surface area (Å²) in [5, 5.41) is 15.0. The van der Waals surface area contributed by atoms with Crippen molar-refractivity contribution in [1.29, 1.82) is 0 Å². The number of nitrogens with one attached hydrogen (secondary N) is 2. The fourth-order valence-corrected chi connectivity index (χ4v) is 2.25. The fourth-order valence-electron chi connectivity index (χ4n) is 2.25. The van der Waals surface area contributed by atoms with E-state index >= 15 is 0 Å². The second kappa shape index (κ2) is 7.33. The van der Waals surface area contributed by atoms with Crippen LogP contribution in [-0.2, 0) is 0 Å². The molecular formula is C15H22F3N5O. The third-order valence-corrected chi connectivity index (χ3v) is 3.52. The Balaban J connectivity index is 2.32. The molecule has 0 aliphatic heterocycles. The summed E-state index contributed by atoms with van der Waals surface area (Å²) >= 11 is 0. The van der Waals surface area contributed by atoms with Crippen LogP contribution in [0.3, 0.4) is 0 Å². The molecule has 0 saturated carbocycles. The van der Waals surface area contributed by atoms with Crippen molar-refractivity contribution < 1.29 is 18.3 Å². The van der Waals surface area contributed by atoms with Gasteiger partial charge in [-0.1, -0.05) is 6.08 Å². The van der Waals surface area contributed by atoms with Gasteiger partial charge in [-0.3, -0.25) is 0 Å². The van der Waals surface area contributed by atoms with Gasteiger partial charge < -0.3 is 15.7 Å². The molecule has 0 aromatic carbocycles. The molecule has 1 aliphatic rings. The SMILES string of the molecule is CC(C)Nc1nc(NC(C)C(F)(F)F)nc(C2=CCCC(O)C2)n1. The number of alkyl halides is 3. The van der Waals surface area contributed by atoms with Crippen LogP contribution in [0, 0.1) is 0 Å². The number of aromatic nitrogens is 3. The lowest BCUT2D eigenvalue weighted by Crippen LogP contribution is -2.34. The molecule has 9 heteroatoms. The number of anilines is 2. The summed E-state index contributed by atoms with van der Waals surface area (Å²) in [5.74, 6) is 0.338. The molecule has 2 rings (SSSR count). The van der Waals surface area contributed by atoms with E-state index in [9.17, 15) is 18.3 Å². The molecule has 1 heterocycles. The van der Waals surface area contributed by atoms with Crippen molar-refractivity contribution >= 4 is 17.5 Å². The molecule has 6 nitrogen and oxygen atoms in total. The van der Waals surface area contributed by atoms with Crippen molar-refractivity contribution in [1.82, 2.24) is 15.0 Å². The maximum absolute atomic E-state index is 12.8. The third-order valence-electron chi connectivity index (χ3n) is 3.52. The number of hydrogen-bond acceptors (Lipinski definition) is 6. The normalized spacial score (nSPS) is 19.8. The molecule has 0 saturated heterocycles. The van der Waals surface area contributed by atoms with Crippen molar-refractivity contribution in [2.75, 3.05) is 10.6 Å². The van der Waals surface area contributed by atoms with E-state index in [-0.39, 0.29) is 23.8 Å². The van der Waals surface area contributed by atoms with Gasteiger partial charge in [0.05, 0.1) is 6.10 Å². The zero-order valence-corrected chi connectivity index (χ0v) is 13.9. The highest BCUT2D eigenvalue weighted by Gasteiger charge is 2.36. The summed E-state index contributed by atoms with van der Waals surface area (Å²) in [6.45, 7) is 4.75. The van der Waals surface area contributed by atoms with Crippen LogP contribution >= 0.6 is 0 Å². The minimum atomic E-state index is -4.40. The van der Waals surface area contributed by atoms with Crippen molar-refractivity contribution in [2.24, 2.45) is 0 Å². The predicted octanol–water partition coefficient (Wildman–Crippen LogP) is 2.98. The Hall–Kier alpha value is -1.90. The Morgan fingerprint density at radius 3 is 2.29 bits per heavy atom. The summed E-state index contributed by atoms with van der Waals surface area (Å²) in [7, 11) is 0. The average Bonchev–Trinajstić information content (AvgIpc) is 2.45. The summed E-state index contributed by atoms with van der Waals surface area (Å²) in [6, 6.07) is -1.77. The quantitative estimate of drug-likeness (QED) is 0.761. The molecule has 2 atom stereocenters. The van der Waals surface area contributed by atoms with Crippen LogP contribution in [0.4, 0.5) is 25.1 Å². The third kappa shape index (κ3) is 5.05. The molecule has 0 radical (unpaired) electrons. The summed E-state index contributed by atoms with van der Waals surface area (Å²) in [5.41, 5.74) is 0.714. The van der Waals surface area contributed by atoms with Gasteiger partial charge in [0.15, 0.2) is 5.82 Å². The Labute approximate surface area is 138 Å². The summed E-state index contributed by atoms with van der Waals surface area (Å²) < 4.78 is 38.3. The standard InChI is InChI=1S/C15H22F3N5O/c1-8(2)19-13-21-12(10-5-4-6-11(24)7-10)22-14(23-13)20-9(3)15(16,17)18/h5,8-9,11,24H,4,6-7H2,1-3H3,(H2,19,20,21,22,23). The molecule has 1 aliphatic carbocycles.